The summed E-state index contributed by atoms with van der Waals surface area (Å²) in [5, 5.41) is 11.6. The quantitative estimate of drug-likeness (QED) is 0.453. The Balaban J connectivity index is 1.34. The van der Waals surface area contributed by atoms with Crippen LogP contribution in [0.2, 0.25) is 0 Å². The molecule has 0 radical (unpaired) electrons. The molecule has 0 saturated carbocycles. The van der Waals surface area contributed by atoms with E-state index in [4.69, 9.17) is 9.47 Å². The van der Waals surface area contributed by atoms with Gasteiger partial charge in [0.2, 0.25) is 22.7 Å². The molecule has 1 amide bonds. The molecule has 1 aliphatic rings. The minimum atomic E-state index is -3.52. The van der Waals surface area contributed by atoms with E-state index in [1.54, 1.807) is 35.9 Å². The Bertz CT molecular complexity index is 1250. The summed E-state index contributed by atoms with van der Waals surface area (Å²) in [6, 6.07) is 14.3. The van der Waals surface area contributed by atoms with Gasteiger partial charge >= 0.3 is 0 Å². The standard InChI is InChI=1S/C21H23N5O5S2/c1-25-19(12-26(33(2,28)29)16-6-4-3-5-7-16)23-24-21(25)32-13-20(27)22-11-15-8-9-17-18(10-15)31-14-30-17/h3-10H,11-14H2,1-2H3,(H,22,27). The topological polar surface area (TPSA) is 116 Å². The summed E-state index contributed by atoms with van der Waals surface area (Å²) in [7, 11) is -1.78. The van der Waals surface area contributed by atoms with Gasteiger partial charge in [0.25, 0.3) is 0 Å². The molecule has 1 aromatic heterocycles. The van der Waals surface area contributed by atoms with Crippen molar-refractivity contribution >= 4 is 33.4 Å². The highest BCUT2D eigenvalue weighted by atomic mass is 32.2. The summed E-state index contributed by atoms with van der Waals surface area (Å²) in [4.78, 5) is 12.3. The number of carbonyl (C=O) groups excluding carboxylic acids is 1. The fourth-order valence-electron chi connectivity index (χ4n) is 3.16. The van der Waals surface area contributed by atoms with Gasteiger partial charge in [-0.15, -0.1) is 10.2 Å². The molecule has 0 unspecified atom stereocenters. The van der Waals surface area contributed by atoms with Crippen LogP contribution in [0.15, 0.2) is 53.7 Å². The zero-order valence-electron chi connectivity index (χ0n) is 18.1. The van der Waals surface area contributed by atoms with Crippen molar-refractivity contribution in [1.82, 2.24) is 20.1 Å². The van der Waals surface area contributed by atoms with Crippen molar-refractivity contribution in [3.63, 3.8) is 0 Å². The number of carbonyl (C=O) groups is 1. The van der Waals surface area contributed by atoms with Crippen LogP contribution in [-0.2, 0) is 35.0 Å². The van der Waals surface area contributed by atoms with Crippen LogP contribution < -0.4 is 19.1 Å². The van der Waals surface area contributed by atoms with Gasteiger partial charge in [-0.05, 0) is 29.8 Å². The molecule has 4 rings (SSSR count). The first-order valence-electron chi connectivity index (χ1n) is 10.0. The Labute approximate surface area is 196 Å². The van der Waals surface area contributed by atoms with Crippen molar-refractivity contribution in [3.05, 3.63) is 59.9 Å². The fraction of sp³-hybridized carbons (Fsp3) is 0.286. The largest absolute Gasteiger partial charge is 0.454 e. The number of hydrogen-bond acceptors (Lipinski definition) is 8. The third-order valence-corrected chi connectivity index (χ3v) is 7.07. The molecule has 12 heteroatoms. The van der Waals surface area contributed by atoms with Crippen molar-refractivity contribution in [2.75, 3.05) is 23.1 Å². The first-order valence-corrected chi connectivity index (χ1v) is 12.8. The lowest BCUT2D eigenvalue weighted by Crippen LogP contribution is -2.30. The van der Waals surface area contributed by atoms with Gasteiger partial charge in [-0.25, -0.2) is 8.42 Å². The number of anilines is 1. The second-order valence-electron chi connectivity index (χ2n) is 7.32. The number of thioether (sulfide) groups is 1. The van der Waals surface area contributed by atoms with Gasteiger partial charge in [0.1, 0.15) is 0 Å². The molecule has 2 aromatic carbocycles. The smallest absolute Gasteiger partial charge is 0.232 e. The molecule has 174 valence electrons. The van der Waals surface area contributed by atoms with Crippen LogP contribution in [-0.4, -0.2) is 47.9 Å². The minimum Gasteiger partial charge on any atom is -0.454 e. The Morgan fingerprint density at radius 1 is 1.15 bits per heavy atom. The molecule has 2 heterocycles. The molecule has 0 aliphatic carbocycles. The van der Waals surface area contributed by atoms with E-state index < -0.39 is 10.0 Å². The molecule has 0 fully saturated rings. The summed E-state index contributed by atoms with van der Waals surface area (Å²) in [5.74, 6) is 1.81. The van der Waals surface area contributed by atoms with E-state index in [1.165, 1.54) is 16.1 Å². The van der Waals surface area contributed by atoms with Gasteiger partial charge in [-0.3, -0.25) is 9.10 Å². The molecule has 0 saturated heterocycles. The van der Waals surface area contributed by atoms with E-state index in [2.05, 4.69) is 15.5 Å². The lowest BCUT2D eigenvalue weighted by molar-refractivity contribution is -0.118. The molecule has 3 aromatic rings. The van der Waals surface area contributed by atoms with Gasteiger partial charge in [0, 0.05) is 13.6 Å². The van der Waals surface area contributed by atoms with Crippen molar-refractivity contribution < 1.29 is 22.7 Å². The van der Waals surface area contributed by atoms with E-state index in [1.807, 2.05) is 24.3 Å². The van der Waals surface area contributed by atoms with Crippen LogP contribution in [0, 0.1) is 0 Å². The summed E-state index contributed by atoms with van der Waals surface area (Å²) < 4.78 is 38.2. The second-order valence-corrected chi connectivity index (χ2v) is 10.2. The van der Waals surface area contributed by atoms with Crippen LogP contribution in [0.5, 0.6) is 11.5 Å². The highest BCUT2D eigenvalue weighted by Crippen LogP contribution is 2.32. The van der Waals surface area contributed by atoms with E-state index in [0.717, 1.165) is 11.8 Å². The van der Waals surface area contributed by atoms with Gasteiger partial charge in [-0.2, -0.15) is 0 Å². The number of benzene rings is 2. The maximum absolute atomic E-state index is 12.3. The highest BCUT2D eigenvalue weighted by molar-refractivity contribution is 7.99. The van der Waals surface area contributed by atoms with Crippen molar-refractivity contribution in [1.29, 1.82) is 0 Å². The zero-order valence-corrected chi connectivity index (χ0v) is 19.7. The van der Waals surface area contributed by atoms with Crippen molar-refractivity contribution in [2.45, 2.75) is 18.2 Å². The van der Waals surface area contributed by atoms with Crippen molar-refractivity contribution in [2.24, 2.45) is 7.05 Å². The molecular weight excluding hydrogens is 466 g/mol. The number of rotatable bonds is 9. The second kappa shape index (κ2) is 9.71. The Morgan fingerprint density at radius 3 is 2.67 bits per heavy atom. The highest BCUT2D eigenvalue weighted by Gasteiger charge is 2.21. The predicted molar refractivity (Wildman–Crippen MR) is 124 cm³/mol. The first kappa shape index (κ1) is 22.9. The van der Waals surface area contributed by atoms with Gasteiger partial charge in [0.15, 0.2) is 22.5 Å². The summed E-state index contributed by atoms with van der Waals surface area (Å²) in [6.07, 6.45) is 1.15. The Hall–Kier alpha value is -3.25. The number of amides is 1. The number of para-hydroxylation sites is 1. The maximum atomic E-state index is 12.3. The van der Waals surface area contributed by atoms with Crippen molar-refractivity contribution in [3.8, 4) is 11.5 Å². The summed E-state index contributed by atoms with van der Waals surface area (Å²) >= 11 is 1.23. The van der Waals surface area contributed by atoms with Gasteiger partial charge in [-0.1, -0.05) is 36.0 Å². The van der Waals surface area contributed by atoms with Crippen LogP contribution >= 0.6 is 11.8 Å². The number of fused-ring (bicyclic) bond motifs is 1. The van der Waals surface area contributed by atoms with Crippen LogP contribution in [0.3, 0.4) is 0 Å². The molecule has 1 N–H and O–H groups in total. The lowest BCUT2D eigenvalue weighted by atomic mass is 10.2. The molecule has 1 aliphatic heterocycles. The number of sulfonamides is 1. The summed E-state index contributed by atoms with van der Waals surface area (Å²) in [6.45, 7) is 0.596. The molecule has 10 nitrogen and oxygen atoms in total. The van der Waals surface area contributed by atoms with Gasteiger partial charge < -0.3 is 19.4 Å². The van der Waals surface area contributed by atoms with Crippen LogP contribution in [0.25, 0.3) is 0 Å². The summed E-state index contributed by atoms with van der Waals surface area (Å²) in [5.41, 5.74) is 1.44. The maximum Gasteiger partial charge on any atom is 0.232 e. The minimum absolute atomic E-state index is 0.0310. The Kier molecular flexibility index (Phi) is 6.75. The molecule has 33 heavy (non-hydrogen) atoms. The third-order valence-electron chi connectivity index (χ3n) is 4.91. The predicted octanol–water partition coefficient (Wildman–Crippen LogP) is 1.92. The third kappa shape index (κ3) is 5.57. The van der Waals surface area contributed by atoms with Crippen LogP contribution in [0.4, 0.5) is 5.69 Å². The SMILES string of the molecule is Cn1c(CN(c2ccccc2)S(C)(=O)=O)nnc1SCC(=O)NCc1ccc2c(c1)OCO2. The van der Waals surface area contributed by atoms with E-state index in [0.29, 0.717) is 34.7 Å². The number of aromatic nitrogens is 3. The average Bonchev–Trinajstić information content (AvgIpc) is 3.40. The number of hydrogen-bond donors (Lipinski definition) is 1. The number of ether oxygens (including phenoxy) is 2. The average molecular weight is 490 g/mol. The fourth-order valence-corrected chi connectivity index (χ4v) is 4.78. The van der Waals surface area contributed by atoms with E-state index >= 15 is 0 Å². The zero-order chi connectivity index (χ0) is 23.4. The molecule has 0 spiro atoms. The van der Waals surface area contributed by atoms with E-state index in [-0.39, 0.29) is 25.0 Å². The molecular formula is C21H23N5O5S2. The lowest BCUT2D eigenvalue weighted by Gasteiger charge is -2.21. The Morgan fingerprint density at radius 2 is 1.91 bits per heavy atom. The first-order chi connectivity index (χ1) is 15.8. The monoisotopic (exact) mass is 489 g/mol. The normalized spacial score (nSPS) is 12.5. The molecule has 0 atom stereocenters. The van der Waals surface area contributed by atoms with Gasteiger partial charge in [0.05, 0.1) is 24.2 Å². The van der Waals surface area contributed by atoms with E-state index in [9.17, 15) is 13.2 Å². The number of nitrogens with one attached hydrogen (secondary N) is 1. The molecule has 0 bridgehead atoms. The van der Waals surface area contributed by atoms with Crippen LogP contribution in [0.1, 0.15) is 11.4 Å². The number of nitrogens with zero attached hydrogens (tertiary/aromatic N) is 4.